The van der Waals surface area contributed by atoms with E-state index in [1.807, 2.05) is 30.3 Å². The van der Waals surface area contributed by atoms with Crippen LogP contribution in [0.5, 0.6) is 0 Å². The number of allylic oxidation sites excluding steroid dienone is 1. The predicted octanol–water partition coefficient (Wildman–Crippen LogP) is 3.52. The second kappa shape index (κ2) is 14.2. The van der Waals surface area contributed by atoms with Crippen LogP contribution in [0.15, 0.2) is 54.1 Å². The van der Waals surface area contributed by atoms with E-state index < -0.39 is 71.6 Å². The number of nitrogens with zero attached hydrogens (tertiary/aromatic N) is 1. The number of amides is 2. The largest absolute Gasteiger partial charge is 0.458 e. The van der Waals surface area contributed by atoms with Gasteiger partial charge in [-0.2, -0.15) is 5.06 Å². The molecule has 2 bridgehead atoms. The number of rotatable bonds is 9. The quantitative estimate of drug-likeness (QED) is 0.216. The monoisotopic (exact) mass is 811 g/mol. The predicted molar refractivity (Wildman–Crippen MR) is 213 cm³/mol. The number of carbonyl (C=O) groups excluding carboxylic acids is 3. The van der Waals surface area contributed by atoms with Crippen molar-refractivity contribution in [1.29, 1.82) is 0 Å². The smallest absolute Gasteiger partial charge is 0.327 e. The van der Waals surface area contributed by atoms with Gasteiger partial charge in [-0.25, -0.2) is 0 Å². The van der Waals surface area contributed by atoms with Gasteiger partial charge in [0, 0.05) is 25.8 Å². The molecule has 12 atom stereocenters. The second-order valence-electron chi connectivity index (χ2n) is 19.4. The number of aliphatic hydroxyl groups is 2. The summed E-state index contributed by atoms with van der Waals surface area (Å²) in [5.74, 6) is -1.85. The summed E-state index contributed by atoms with van der Waals surface area (Å²) in [6.45, 7) is 8.25. The van der Waals surface area contributed by atoms with Crippen molar-refractivity contribution in [2.75, 3.05) is 13.2 Å². The van der Waals surface area contributed by atoms with Crippen LogP contribution in [0, 0.1) is 22.7 Å². The molecule has 3 saturated carbocycles. The van der Waals surface area contributed by atoms with E-state index in [0.717, 1.165) is 54.4 Å². The van der Waals surface area contributed by atoms with Crippen LogP contribution in [-0.2, 0) is 57.6 Å². The summed E-state index contributed by atoms with van der Waals surface area (Å²) in [6, 6.07) is 13.7. The Bertz CT molecular complexity index is 2050. The highest BCUT2D eigenvalue weighted by atomic mass is 16.8. The topological polar surface area (TPSA) is 168 Å². The number of fused-ring (bicyclic) bond motifs is 7. The average Bonchev–Trinajstić information content (AvgIpc) is 3.48. The van der Waals surface area contributed by atoms with Crippen molar-refractivity contribution < 1.29 is 48.4 Å². The molecule has 8 aliphatic rings. The van der Waals surface area contributed by atoms with Crippen molar-refractivity contribution in [1.82, 2.24) is 15.7 Å². The molecule has 4 aliphatic heterocycles. The van der Waals surface area contributed by atoms with E-state index in [4.69, 9.17) is 23.8 Å². The number of esters is 1. The minimum absolute atomic E-state index is 0.0176. The minimum atomic E-state index is -1.56. The maximum absolute atomic E-state index is 15.0. The lowest BCUT2D eigenvalue weighted by Crippen LogP contribution is -2.71. The molecular formula is C46H57N3O10. The molecule has 10 rings (SSSR count). The Morgan fingerprint density at radius 3 is 2.44 bits per heavy atom. The van der Waals surface area contributed by atoms with Crippen LogP contribution in [0.4, 0.5) is 0 Å². The molecule has 0 radical (unpaired) electrons. The number of hydrogen-bond acceptors (Lipinski definition) is 11. The second-order valence-corrected chi connectivity index (χ2v) is 19.4. The van der Waals surface area contributed by atoms with Gasteiger partial charge in [-0.1, -0.05) is 74.0 Å². The van der Waals surface area contributed by atoms with Gasteiger partial charge in [-0.3, -0.25) is 19.2 Å². The van der Waals surface area contributed by atoms with E-state index in [0.29, 0.717) is 24.7 Å². The fourth-order valence-corrected chi connectivity index (χ4v) is 12.1. The maximum atomic E-state index is 15.0. The number of hydroxylamine groups is 2. The molecule has 2 aromatic rings. The number of carbonyl (C=O) groups is 3. The summed E-state index contributed by atoms with van der Waals surface area (Å²) in [7, 11) is 0. The summed E-state index contributed by atoms with van der Waals surface area (Å²) < 4.78 is 26.1. The maximum Gasteiger partial charge on any atom is 0.327 e. The molecule has 2 aromatic carbocycles. The van der Waals surface area contributed by atoms with Crippen molar-refractivity contribution in [3.8, 4) is 0 Å². The summed E-state index contributed by atoms with van der Waals surface area (Å²) in [5, 5.41) is 27.1. The van der Waals surface area contributed by atoms with Crippen molar-refractivity contribution in [3.05, 3.63) is 76.4 Å². The van der Waals surface area contributed by atoms with Crippen molar-refractivity contribution in [2.24, 2.45) is 22.7 Å². The Hall–Kier alpha value is -3.69. The first-order valence-electron chi connectivity index (χ1n) is 21.6. The molecule has 13 heteroatoms. The third kappa shape index (κ3) is 6.41. The van der Waals surface area contributed by atoms with Gasteiger partial charge in [0.25, 0.3) is 0 Å². The normalized spacial score (nSPS) is 38.6. The highest BCUT2D eigenvalue weighted by molar-refractivity contribution is 5.96. The zero-order chi connectivity index (χ0) is 41.1. The molecule has 4 heterocycles. The highest BCUT2D eigenvalue weighted by Gasteiger charge is 2.76. The van der Waals surface area contributed by atoms with Gasteiger partial charge < -0.3 is 39.8 Å². The minimum Gasteiger partial charge on any atom is -0.458 e. The Balaban J connectivity index is 0.995. The first-order chi connectivity index (χ1) is 28.2. The molecule has 1 spiro atoms. The molecule has 1 unspecified atom stereocenters. The summed E-state index contributed by atoms with van der Waals surface area (Å²) in [4.78, 5) is 49.6. The van der Waals surface area contributed by atoms with E-state index in [1.165, 1.54) is 12.5 Å². The zero-order valence-corrected chi connectivity index (χ0v) is 34.4. The Labute approximate surface area is 345 Å². The third-order valence-electron chi connectivity index (χ3n) is 15.3. The van der Waals surface area contributed by atoms with Gasteiger partial charge in [0.05, 0.1) is 31.0 Å². The Morgan fingerprint density at radius 2 is 1.71 bits per heavy atom. The van der Waals surface area contributed by atoms with E-state index in [-0.39, 0.29) is 43.2 Å². The van der Waals surface area contributed by atoms with Crippen molar-refractivity contribution in [2.45, 2.75) is 146 Å². The van der Waals surface area contributed by atoms with Gasteiger partial charge in [0.15, 0.2) is 11.8 Å². The molecule has 4 N–H and O–H groups in total. The summed E-state index contributed by atoms with van der Waals surface area (Å²) in [5.41, 5.74) is 4.30. The van der Waals surface area contributed by atoms with E-state index in [2.05, 4.69) is 55.7 Å². The fraction of sp³-hybridized carbons (Fsp3) is 0.630. The lowest BCUT2D eigenvalue weighted by Gasteiger charge is -2.53. The van der Waals surface area contributed by atoms with Crippen LogP contribution in [-0.4, -0.2) is 106 Å². The van der Waals surface area contributed by atoms with Crippen molar-refractivity contribution in [3.63, 3.8) is 0 Å². The number of benzene rings is 2. The molecule has 0 aromatic heterocycles. The lowest BCUT2D eigenvalue weighted by molar-refractivity contribution is -0.217. The van der Waals surface area contributed by atoms with Crippen LogP contribution in [0.25, 0.3) is 6.08 Å². The van der Waals surface area contributed by atoms with E-state index >= 15 is 4.79 Å². The SMILES string of the molecule is C[C@H](O)[C@@H](NC(=O)[C@@]12C[C@H]3OC(=O)[C@@H]1N(Cc1ccccc1C=C1CCC4O[C@]4(C)CC[C@@H]4[C@@H]1CC4(C)C)O[C@@H]2[C@H]1OC2(Cc4ccccc4C2)O[C@H]13)C(=O)NCCO. The molecule has 7 fully saturated rings. The first-order valence-corrected chi connectivity index (χ1v) is 21.6. The Kier molecular flexibility index (Phi) is 9.48. The van der Waals surface area contributed by atoms with Gasteiger partial charge in [0.1, 0.15) is 35.9 Å². The van der Waals surface area contributed by atoms with Crippen LogP contribution in [0.3, 0.4) is 0 Å². The Morgan fingerprint density at radius 1 is 0.983 bits per heavy atom. The van der Waals surface area contributed by atoms with Crippen molar-refractivity contribution >= 4 is 23.9 Å². The van der Waals surface area contributed by atoms with E-state index in [1.54, 1.807) is 5.06 Å². The fourth-order valence-electron chi connectivity index (χ4n) is 12.1. The van der Waals surface area contributed by atoms with Crippen LogP contribution in [0.1, 0.15) is 88.5 Å². The number of hydrogen-bond donors (Lipinski definition) is 4. The number of ether oxygens (including phenoxy) is 4. The number of nitrogens with one attached hydrogen (secondary N) is 2. The summed E-state index contributed by atoms with van der Waals surface area (Å²) in [6.07, 6.45) is 4.44. The number of aliphatic hydroxyl groups excluding tert-OH is 2. The molecule has 2 amide bonds. The van der Waals surface area contributed by atoms with Gasteiger partial charge in [-0.05, 0) is 85.5 Å². The molecule has 4 saturated heterocycles. The lowest BCUT2D eigenvalue weighted by atomic mass is 9.52. The zero-order valence-electron chi connectivity index (χ0n) is 34.4. The molecule has 4 aliphatic carbocycles. The highest BCUT2D eigenvalue weighted by Crippen LogP contribution is 2.61. The molecule has 316 valence electrons. The van der Waals surface area contributed by atoms with Gasteiger partial charge >= 0.3 is 5.97 Å². The molecule has 59 heavy (non-hydrogen) atoms. The van der Waals surface area contributed by atoms with Gasteiger partial charge in [-0.15, -0.1) is 0 Å². The van der Waals surface area contributed by atoms with Gasteiger partial charge in [0.2, 0.25) is 11.8 Å². The van der Waals surface area contributed by atoms with Crippen LogP contribution < -0.4 is 10.6 Å². The third-order valence-corrected chi connectivity index (χ3v) is 15.3. The summed E-state index contributed by atoms with van der Waals surface area (Å²) >= 11 is 0. The van der Waals surface area contributed by atoms with Crippen LogP contribution in [0.2, 0.25) is 0 Å². The molecular weight excluding hydrogens is 755 g/mol. The number of epoxide rings is 1. The molecule has 13 nitrogen and oxygen atoms in total. The average molecular weight is 812 g/mol. The van der Waals surface area contributed by atoms with Crippen LogP contribution >= 0.6 is 0 Å². The first kappa shape index (κ1) is 39.4. The standard InChI is InChI=1S/C46H57N3O10/c1-25(51)35(40(52)47-17-18-50)48-42(54)46-23-33-36-37(58-45(57-36)20-28-10-6-7-11-29(28)21-45)39(46)59-49(38(46)41(53)55-33)24-30-12-8-5-9-26(30)19-27-13-14-34-44(4,56-34)16-15-32-31(27)22-43(32,2)3/h5-12,19,25,31-39,50-51H,13-18,20-24H2,1-4H3,(H,47,52)(H,48,54)/t25-,31+,32+,33+,34?,35+,36-,37-,38-,39+,44+,46-/m0/s1. The van der Waals surface area contributed by atoms with E-state index in [9.17, 15) is 19.8 Å².